The molecular weight excluding hydrogens is 236 g/mol. The molecule has 0 atom stereocenters. The molecule has 0 saturated heterocycles. The zero-order valence-corrected chi connectivity index (χ0v) is 8.89. The van der Waals surface area contributed by atoms with Crippen molar-refractivity contribution in [2.75, 3.05) is 0 Å². The largest absolute Gasteiger partial charge is 0.293 e. The van der Waals surface area contributed by atoms with Crippen LogP contribution in [0, 0.1) is 17.0 Å². The van der Waals surface area contributed by atoms with Crippen LogP contribution in [0.15, 0.2) is 27.5 Å². The van der Waals surface area contributed by atoms with Crippen LogP contribution in [0.5, 0.6) is 0 Å². The Kier molecular flexibility index (Phi) is 3.17. The van der Waals surface area contributed by atoms with E-state index in [-0.39, 0.29) is 16.1 Å². The van der Waals surface area contributed by atoms with Gasteiger partial charge in [-0.3, -0.25) is 10.1 Å². The minimum absolute atomic E-state index is 0.0634. The van der Waals surface area contributed by atoms with Gasteiger partial charge >= 0.3 is 0 Å². The Morgan fingerprint density at radius 1 is 1.44 bits per heavy atom. The quantitative estimate of drug-likeness (QED) is 0.339. The molecule has 0 aromatic heterocycles. The zero-order valence-electron chi connectivity index (χ0n) is 8.08. The summed E-state index contributed by atoms with van der Waals surface area (Å²) in [6.07, 6.45) is 0.900. The van der Waals surface area contributed by atoms with Gasteiger partial charge < -0.3 is 0 Å². The smallest absolute Gasteiger partial charge is 0.258 e. The standard InChI is InChI=1S/C8H6N2O5S/c1-6-7(10(12)13)3-2-4-8(6)16(14,15)9-5-11/h2-4H,1H3. The topological polar surface area (TPSA) is 107 Å². The minimum Gasteiger partial charge on any atom is -0.258 e. The summed E-state index contributed by atoms with van der Waals surface area (Å²) in [6, 6.07) is 3.51. The van der Waals surface area contributed by atoms with Crippen molar-refractivity contribution >= 4 is 21.8 Å². The van der Waals surface area contributed by atoms with E-state index in [9.17, 15) is 23.3 Å². The van der Waals surface area contributed by atoms with Gasteiger partial charge in [-0.1, -0.05) is 10.5 Å². The van der Waals surface area contributed by atoms with Gasteiger partial charge in [-0.2, -0.15) is 8.42 Å². The second-order valence-corrected chi connectivity index (χ2v) is 4.39. The van der Waals surface area contributed by atoms with E-state index in [2.05, 4.69) is 4.40 Å². The lowest BCUT2D eigenvalue weighted by molar-refractivity contribution is -0.385. The first kappa shape index (κ1) is 12.0. The van der Waals surface area contributed by atoms with Crippen molar-refractivity contribution in [1.82, 2.24) is 0 Å². The van der Waals surface area contributed by atoms with Gasteiger partial charge in [-0.05, 0) is 13.0 Å². The first-order chi connectivity index (χ1) is 7.40. The van der Waals surface area contributed by atoms with E-state index in [0.717, 1.165) is 12.1 Å². The summed E-state index contributed by atoms with van der Waals surface area (Å²) in [4.78, 5) is 19.4. The maximum absolute atomic E-state index is 11.4. The summed E-state index contributed by atoms with van der Waals surface area (Å²) in [5.41, 5.74) is -0.409. The molecule has 84 valence electrons. The van der Waals surface area contributed by atoms with E-state index in [0.29, 0.717) is 0 Å². The summed E-state index contributed by atoms with van der Waals surface area (Å²) in [6.45, 7) is 1.27. The second-order valence-electron chi connectivity index (χ2n) is 2.82. The number of nitro groups is 1. The minimum atomic E-state index is -4.20. The normalized spacial score (nSPS) is 10.6. The zero-order chi connectivity index (χ0) is 12.3. The van der Waals surface area contributed by atoms with Crippen molar-refractivity contribution in [3.63, 3.8) is 0 Å². The Hall–Kier alpha value is -2.05. The molecule has 8 heteroatoms. The molecule has 1 aromatic carbocycles. The fourth-order valence-corrected chi connectivity index (χ4v) is 2.12. The molecule has 1 rings (SSSR count). The number of benzene rings is 1. The second kappa shape index (κ2) is 4.21. The summed E-state index contributed by atoms with van der Waals surface area (Å²) < 4.78 is 25.4. The first-order valence-electron chi connectivity index (χ1n) is 3.98. The van der Waals surface area contributed by atoms with Crippen molar-refractivity contribution < 1.29 is 18.1 Å². The van der Waals surface area contributed by atoms with Crippen molar-refractivity contribution in [2.24, 2.45) is 4.40 Å². The van der Waals surface area contributed by atoms with Crippen LogP contribution < -0.4 is 0 Å². The summed E-state index contributed by atoms with van der Waals surface area (Å²) >= 11 is 0. The lowest BCUT2D eigenvalue weighted by Gasteiger charge is -2.02. The number of isocyanates is 1. The molecule has 0 bridgehead atoms. The molecule has 0 radical (unpaired) electrons. The fourth-order valence-electron chi connectivity index (χ4n) is 1.18. The van der Waals surface area contributed by atoms with Crippen molar-refractivity contribution in [1.29, 1.82) is 0 Å². The highest BCUT2D eigenvalue weighted by atomic mass is 32.2. The van der Waals surface area contributed by atoms with Crippen molar-refractivity contribution in [2.45, 2.75) is 11.8 Å². The Labute approximate surface area is 90.6 Å². The molecule has 0 saturated carbocycles. The fraction of sp³-hybridized carbons (Fsp3) is 0.125. The molecule has 0 fully saturated rings. The summed E-state index contributed by atoms with van der Waals surface area (Å²) in [5, 5.41) is 10.6. The first-order valence-corrected chi connectivity index (χ1v) is 5.42. The third kappa shape index (κ3) is 2.13. The van der Waals surface area contributed by atoms with Gasteiger partial charge in [0.2, 0.25) is 0 Å². The van der Waals surface area contributed by atoms with Gasteiger partial charge in [0.25, 0.3) is 21.8 Å². The number of carbonyl (C=O) groups excluding carboxylic acids is 1. The summed E-state index contributed by atoms with van der Waals surface area (Å²) in [7, 11) is -4.20. The molecule has 7 nitrogen and oxygen atoms in total. The maximum Gasteiger partial charge on any atom is 0.293 e. The van der Waals surface area contributed by atoms with E-state index in [1.165, 1.54) is 19.1 Å². The van der Waals surface area contributed by atoms with Crippen LogP contribution in [0.1, 0.15) is 5.56 Å². The molecule has 0 N–H and O–H groups in total. The van der Waals surface area contributed by atoms with Crippen LogP contribution in [-0.4, -0.2) is 19.4 Å². The summed E-state index contributed by atoms with van der Waals surface area (Å²) in [5.74, 6) is 0. The average Bonchev–Trinajstić information content (AvgIpc) is 2.17. The molecule has 0 aliphatic heterocycles. The monoisotopic (exact) mass is 242 g/mol. The molecule has 0 aliphatic rings. The van der Waals surface area contributed by atoms with Gasteiger partial charge in [0.15, 0.2) is 0 Å². The van der Waals surface area contributed by atoms with Gasteiger partial charge in [-0.15, -0.1) is 0 Å². The van der Waals surface area contributed by atoms with Gasteiger partial charge in [-0.25, -0.2) is 4.79 Å². The van der Waals surface area contributed by atoms with E-state index in [1.807, 2.05) is 0 Å². The Morgan fingerprint density at radius 3 is 2.56 bits per heavy atom. The Morgan fingerprint density at radius 2 is 2.06 bits per heavy atom. The molecule has 16 heavy (non-hydrogen) atoms. The van der Waals surface area contributed by atoms with Crippen LogP contribution >= 0.6 is 0 Å². The lowest BCUT2D eigenvalue weighted by atomic mass is 10.2. The third-order valence-corrected chi connectivity index (χ3v) is 3.20. The van der Waals surface area contributed by atoms with Crippen LogP contribution in [0.3, 0.4) is 0 Å². The highest BCUT2D eigenvalue weighted by Gasteiger charge is 2.22. The predicted molar refractivity (Wildman–Crippen MR) is 53.1 cm³/mol. The SMILES string of the molecule is Cc1c([N+](=O)[O-])cccc1S(=O)(=O)N=C=O. The van der Waals surface area contributed by atoms with E-state index >= 15 is 0 Å². The molecular formula is C8H6N2O5S. The van der Waals surface area contributed by atoms with Gasteiger partial charge in [0.05, 0.1) is 9.82 Å². The van der Waals surface area contributed by atoms with Crippen LogP contribution in [0.4, 0.5) is 5.69 Å². The third-order valence-electron chi connectivity index (χ3n) is 1.89. The Bertz CT molecular complexity index is 586. The highest BCUT2D eigenvalue weighted by Crippen LogP contribution is 2.25. The number of hydrogen-bond acceptors (Lipinski definition) is 5. The number of nitrogens with zero attached hydrogens (tertiary/aromatic N) is 2. The lowest BCUT2D eigenvalue weighted by Crippen LogP contribution is -2.02. The number of rotatable bonds is 3. The van der Waals surface area contributed by atoms with Gasteiger partial charge in [0.1, 0.15) is 0 Å². The highest BCUT2D eigenvalue weighted by molar-refractivity contribution is 7.90. The Balaban J connectivity index is 3.55. The number of nitro benzene ring substituents is 1. The van der Waals surface area contributed by atoms with E-state index in [4.69, 9.17) is 0 Å². The maximum atomic E-state index is 11.4. The van der Waals surface area contributed by atoms with E-state index in [1.54, 1.807) is 0 Å². The molecule has 0 aliphatic carbocycles. The van der Waals surface area contributed by atoms with Gasteiger partial charge in [0, 0.05) is 11.6 Å². The molecule has 1 aromatic rings. The molecule has 0 amide bonds. The number of hydrogen-bond donors (Lipinski definition) is 0. The molecule has 0 spiro atoms. The van der Waals surface area contributed by atoms with E-state index < -0.39 is 14.9 Å². The van der Waals surface area contributed by atoms with Crippen molar-refractivity contribution in [3.05, 3.63) is 33.9 Å². The average molecular weight is 242 g/mol. The van der Waals surface area contributed by atoms with Crippen LogP contribution in [0.2, 0.25) is 0 Å². The van der Waals surface area contributed by atoms with Crippen LogP contribution in [-0.2, 0) is 14.8 Å². The predicted octanol–water partition coefficient (Wildman–Crippen LogP) is 0.928. The molecule has 0 heterocycles. The van der Waals surface area contributed by atoms with Crippen molar-refractivity contribution in [3.8, 4) is 0 Å². The molecule has 0 unspecified atom stereocenters. The number of sulfonamides is 1. The van der Waals surface area contributed by atoms with Crippen LogP contribution in [0.25, 0.3) is 0 Å².